The van der Waals surface area contributed by atoms with Crippen LogP contribution in [-0.4, -0.2) is 10.9 Å². The molecule has 1 heterocycles. The maximum Gasteiger partial charge on any atom is 0.255 e. The number of benzene rings is 1. The van der Waals surface area contributed by atoms with E-state index in [1.807, 2.05) is 19.1 Å². The highest BCUT2D eigenvalue weighted by Gasteiger charge is 2.07. The lowest BCUT2D eigenvalue weighted by atomic mass is 10.1. The first-order valence-electron chi connectivity index (χ1n) is 5.14. The quantitative estimate of drug-likeness (QED) is 0.921. The lowest BCUT2D eigenvalue weighted by Crippen LogP contribution is -2.12. The van der Waals surface area contributed by atoms with Crippen LogP contribution in [0.5, 0.6) is 0 Å². The molecule has 0 atom stereocenters. The first-order valence-corrected chi connectivity index (χ1v) is 5.93. The summed E-state index contributed by atoms with van der Waals surface area (Å²) in [5.41, 5.74) is 2.35. The van der Waals surface area contributed by atoms with Gasteiger partial charge >= 0.3 is 0 Å². The molecule has 1 amide bonds. The minimum absolute atomic E-state index is 0.137. The van der Waals surface area contributed by atoms with E-state index in [0.29, 0.717) is 11.3 Å². The van der Waals surface area contributed by atoms with Gasteiger partial charge in [0.1, 0.15) is 0 Å². The molecule has 0 spiro atoms. The Labute approximate surface area is 108 Å². The molecule has 0 saturated heterocycles. The average molecular weight is 291 g/mol. The smallest absolute Gasteiger partial charge is 0.255 e. The van der Waals surface area contributed by atoms with Crippen molar-refractivity contribution in [3.8, 4) is 0 Å². The van der Waals surface area contributed by atoms with Crippen molar-refractivity contribution in [1.29, 1.82) is 0 Å². The Balaban J connectivity index is 2.20. The van der Waals surface area contributed by atoms with Gasteiger partial charge in [0, 0.05) is 16.2 Å². The Morgan fingerprint density at radius 1 is 1.35 bits per heavy atom. The molecule has 4 heteroatoms. The van der Waals surface area contributed by atoms with Gasteiger partial charge in [-0.2, -0.15) is 0 Å². The number of pyridine rings is 1. The van der Waals surface area contributed by atoms with Crippen LogP contribution >= 0.6 is 15.9 Å². The normalized spacial score (nSPS) is 10.0. The monoisotopic (exact) mass is 290 g/mol. The van der Waals surface area contributed by atoms with Gasteiger partial charge in [0.15, 0.2) is 0 Å². The Kier molecular flexibility index (Phi) is 3.54. The molecule has 1 aromatic carbocycles. The van der Waals surface area contributed by atoms with Gasteiger partial charge in [-0.05, 0) is 42.8 Å². The highest BCUT2D eigenvalue weighted by molar-refractivity contribution is 9.10. The maximum atomic E-state index is 12.0. The van der Waals surface area contributed by atoms with E-state index in [1.54, 1.807) is 30.6 Å². The van der Waals surface area contributed by atoms with Crippen LogP contribution in [0.4, 0.5) is 5.69 Å². The summed E-state index contributed by atoms with van der Waals surface area (Å²) in [6.07, 6.45) is 3.28. The third kappa shape index (κ3) is 3.14. The number of carbonyl (C=O) groups excluding carboxylic acids is 1. The van der Waals surface area contributed by atoms with Crippen LogP contribution in [0.1, 0.15) is 15.9 Å². The van der Waals surface area contributed by atoms with Crippen LogP contribution < -0.4 is 5.32 Å². The zero-order valence-corrected chi connectivity index (χ0v) is 10.9. The summed E-state index contributed by atoms with van der Waals surface area (Å²) in [5.74, 6) is -0.137. The van der Waals surface area contributed by atoms with Crippen LogP contribution in [0.15, 0.2) is 47.2 Å². The molecule has 0 aliphatic rings. The van der Waals surface area contributed by atoms with Gasteiger partial charge in [-0.3, -0.25) is 9.78 Å². The van der Waals surface area contributed by atoms with Gasteiger partial charge in [0.25, 0.3) is 5.91 Å². The number of anilines is 1. The SMILES string of the molecule is Cc1cc(Br)cc(C(=O)Nc2cccnc2)c1. The number of aromatic nitrogens is 1. The van der Waals surface area contributed by atoms with E-state index in [0.717, 1.165) is 10.0 Å². The van der Waals surface area contributed by atoms with E-state index in [-0.39, 0.29) is 5.91 Å². The topological polar surface area (TPSA) is 42.0 Å². The lowest BCUT2D eigenvalue weighted by molar-refractivity contribution is 0.102. The molecule has 0 unspecified atom stereocenters. The maximum absolute atomic E-state index is 12.0. The molecule has 1 aromatic heterocycles. The number of amides is 1. The second-order valence-corrected chi connectivity index (χ2v) is 4.63. The summed E-state index contributed by atoms with van der Waals surface area (Å²) < 4.78 is 0.897. The molecule has 2 aromatic rings. The molecule has 0 aliphatic heterocycles. The molecule has 0 radical (unpaired) electrons. The van der Waals surface area contributed by atoms with Crippen LogP contribution in [0.25, 0.3) is 0 Å². The van der Waals surface area contributed by atoms with E-state index in [1.165, 1.54) is 0 Å². The van der Waals surface area contributed by atoms with Gasteiger partial charge in [-0.1, -0.05) is 15.9 Å². The Morgan fingerprint density at radius 2 is 2.18 bits per heavy atom. The number of aryl methyl sites for hydroxylation is 1. The highest BCUT2D eigenvalue weighted by Crippen LogP contribution is 2.16. The summed E-state index contributed by atoms with van der Waals surface area (Å²) in [4.78, 5) is 15.9. The van der Waals surface area contributed by atoms with Crippen molar-refractivity contribution in [2.24, 2.45) is 0 Å². The third-order valence-corrected chi connectivity index (χ3v) is 2.68. The summed E-state index contributed by atoms with van der Waals surface area (Å²) in [6, 6.07) is 9.17. The van der Waals surface area contributed by atoms with Crippen molar-refractivity contribution in [3.05, 3.63) is 58.3 Å². The summed E-state index contributed by atoms with van der Waals surface area (Å²) in [6.45, 7) is 1.95. The molecule has 3 nitrogen and oxygen atoms in total. The minimum atomic E-state index is -0.137. The molecule has 0 aliphatic carbocycles. The molecule has 86 valence electrons. The number of nitrogens with one attached hydrogen (secondary N) is 1. The lowest BCUT2D eigenvalue weighted by Gasteiger charge is -2.06. The van der Waals surface area contributed by atoms with Crippen LogP contribution in [-0.2, 0) is 0 Å². The van der Waals surface area contributed by atoms with Gasteiger partial charge in [-0.25, -0.2) is 0 Å². The summed E-state index contributed by atoms with van der Waals surface area (Å²) in [7, 11) is 0. The zero-order valence-electron chi connectivity index (χ0n) is 9.27. The molecule has 0 saturated carbocycles. The van der Waals surface area contributed by atoms with Crippen molar-refractivity contribution < 1.29 is 4.79 Å². The molecule has 0 bridgehead atoms. The standard InChI is InChI=1S/C13H11BrN2O/c1-9-5-10(7-11(14)6-9)13(17)16-12-3-2-4-15-8-12/h2-8H,1H3,(H,16,17). The fourth-order valence-electron chi connectivity index (χ4n) is 1.51. The fraction of sp³-hybridized carbons (Fsp3) is 0.0769. The Hall–Kier alpha value is -1.68. The Bertz CT molecular complexity index is 520. The first-order chi connectivity index (χ1) is 8.15. The molecule has 0 fully saturated rings. The molecule has 1 N–H and O–H groups in total. The zero-order chi connectivity index (χ0) is 12.3. The second-order valence-electron chi connectivity index (χ2n) is 3.71. The number of nitrogens with zero attached hydrogens (tertiary/aromatic N) is 1. The van der Waals surface area contributed by atoms with Crippen LogP contribution in [0.2, 0.25) is 0 Å². The van der Waals surface area contributed by atoms with Gasteiger partial charge in [0.05, 0.1) is 11.9 Å². The molecular weight excluding hydrogens is 280 g/mol. The second kappa shape index (κ2) is 5.10. The van der Waals surface area contributed by atoms with E-state index in [4.69, 9.17) is 0 Å². The Morgan fingerprint density at radius 3 is 2.82 bits per heavy atom. The van der Waals surface area contributed by atoms with Crippen molar-refractivity contribution in [1.82, 2.24) is 4.98 Å². The van der Waals surface area contributed by atoms with E-state index in [2.05, 4.69) is 26.2 Å². The van der Waals surface area contributed by atoms with E-state index < -0.39 is 0 Å². The first kappa shape index (κ1) is 11.8. The minimum Gasteiger partial charge on any atom is -0.321 e. The summed E-state index contributed by atoms with van der Waals surface area (Å²) >= 11 is 3.37. The predicted molar refractivity (Wildman–Crippen MR) is 71.1 cm³/mol. The number of carbonyl (C=O) groups is 1. The third-order valence-electron chi connectivity index (χ3n) is 2.22. The van der Waals surface area contributed by atoms with Gasteiger partial charge < -0.3 is 5.32 Å². The number of rotatable bonds is 2. The number of hydrogen-bond donors (Lipinski definition) is 1. The van der Waals surface area contributed by atoms with Crippen molar-refractivity contribution in [2.75, 3.05) is 5.32 Å². The van der Waals surface area contributed by atoms with E-state index >= 15 is 0 Å². The predicted octanol–water partition coefficient (Wildman–Crippen LogP) is 3.40. The molecule has 17 heavy (non-hydrogen) atoms. The van der Waals surface area contributed by atoms with Gasteiger partial charge in [0.2, 0.25) is 0 Å². The van der Waals surface area contributed by atoms with Crippen molar-refractivity contribution in [3.63, 3.8) is 0 Å². The molecule has 2 rings (SSSR count). The summed E-state index contributed by atoms with van der Waals surface area (Å²) in [5, 5.41) is 2.79. The largest absolute Gasteiger partial charge is 0.321 e. The van der Waals surface area contributed by atoms with Crippen molar-refractivity contribution in [2.45, 2.75) is 6.92 Å². The van der Waals surface area contributed by atoms with Crippen LogP contribution in [0.3, 0.4) is 0 Å². The number of halogens is 1. The van der Waals surface area contributed by atoms with E-state index in [9.17, 15) is 4.79 Å². The highest BCUT2D eigenvalue weighted by atomic mass is 79.9. The van der Waals surface area contributed by atoms with Crippen molar-refractivity contribution >= 4 is 27.5 Å². The van der Waals surface area contributed by atoms with Gasteiger partial charge in [-0.15, -0.1) is 0 Å². The fourth-order valence-corrected chi connectivity index (χ4v) is 2.12. The van der Waals surface area contributed by atoms with Crippen LogP contribution in [0, 0.1) is 6.92 Å². The average Bonchev–Trinajstić information content (AvgIpc) is 2.29. The number of hydrogen-bond acceptors (Lipinski definition) is 2. The molecular formula is C13H11BrN2O.